The quantitative estimate of drug-likeness (QED) is 0.316. The number of hydrogen-bond donors (Lipinski definition) is 4. The van der Waals surface area contributed by atoms with Gasteiger partial charge in [-0.15, -0.1) is 0 Å². The molecule has 140 valence electrons. The Hall–Kier alpha value is -1.57. The average molecular weight is 388 g/mol. The van der Waals surface area contributed by atoms with Gasteiger partial charge >= 0.3 is 0 Å². The SMILES string of the molecule is Cc1cc(Cl)cc(C)c1O[C@H](C)C(=O)NNC(=S)NCCC[NH+](C)C. The summed E-state index contributed by atoms with van der Waals surface area (Å²) in [4.78, 5) is 13.5. The van der Waals surface area contributed by atoms with Crippen molar-refractivity contribution in [3.8, 4) is 5.75 Å². The van der Waals surface area contributed by atoms with Gasteiger partial charge in [-0.25, -0.2) is 0 Å². The molecule has 1 amide bonds. The van der Waals surface area contributed by atoms with Gasteiger partial charge in [0.05, 0.1) is 20.6 Å². The van der Waals surface area contributed by atoms with Crippen molar-refractivity contribution < 1.29 is 14.4 Å². The van der Waals surface area contributed by atoms with Gasteiger partial charge in [-0.05, 0) is 56.2 Å². The number of amides is 1. The van der Waals surface area contributed by atoms with Gasteiger partial charge in [-0.2, -0.15) is 0 Å². The molecule has 0 spiro atoms. The summed E-state index contributed by atoms with van der Waals surface area (Å²) in [6, 6.07) is 3.61. The van der Waals surface area contributed by atoms with Gasteiger partial charge < -0.3 is 15.0 Å². The van der Waals surface area contributed by atoms with Crippen LogP contribution in [0.3, 0.4) is 0 Å². The molecule has 0 radical (unpaired) electrons. The van der Waals surface area contributed by atoms with Crippen LogP contribution in [0.5, 0.6) is 5.75 Å². The number of nitrogens with one attached hydrogen (secondary N) is 4. The molecule has 0 aliphatic carbocycles. The molecule has 0 aliphatic heterocycles. The van der Waals surface area contributed by atoms with E-state index in [-0.39, 0.29) is 5.91 Å². The van der Waals surface area contributed by atoms with Crippen molar-refractivity contribution in [2.75, 3.05) is 27.2 Å². The fourth-order valence-corrected chi connectivity index (χ4v) is 2.70. The number of thiocarbonyl (C=S) groups is 1. The van der Waals surface area contributed by atoms with Crippen molar-refractivity contribution in [3.05, 3.63) is 28.3 Å². The molecule has 25 heavy (non-hydrogen) atoms. The first-order valence-electron chi connectivity index (χ1n) is 8.26. The van der Waals surface area contributed by atoms with Gasteiger partial charge in [-0.3, -0.25) is 15.6 Å². The molecule has 6 nitrogen and oxygen atoms in total. The molecule has 1 rings (SSSR count). The molecule has 0 bridgehead atoms. The van der Waals surface area contributed by atoms with E-state index in [1.807, 2.05) is 13.8 Å². The predicted molar refractivity (Wildman–Crippen MR) is 105 cm³/mol. The number of carbonyl (C=O) groups excluding carboxylic acids is 1. The number of benzene rings is 1. The lowest BCUT2D eigenvalue weighted by atomic mass is 10.1. The van der Waals surface area contributed by atoms with Crippen LogP contribution in [0.4, 0.5) is 0 Å². The molecule has 1 aromatic rings. The molecule has 4 N–H and O–H groups in total. The van der Waals surface area contributed by atoms with Gasteiger partial charge in [0.25, 0.3) is 5.91 Å². The van der Waals surface area contributed by atoms with Gasteiger partial charge in [-0.1, -0.05) is 11.6 Å². The monoisotopic (exact) mass is 387 g/mol. The van der Waals surface area contributed by atoms with E-state index in [1.165, 1.54) is 4.90 Å². The molecular formula is C17H28ClN4O2S+. The highest BCUT2D eigenvalue weighted by Gasteiger charge is 2.17. The van der Waals surface area contributed by atoms with E-state index in [1.54, 1.807) is 19.1 Å². The molecular weight excluding hydrogens is 360 g/mol. The van der Waals surface area contributed by atoms with Gasteiger partial charge in [0.1, 0.15) is 5.75 Å². The van der Waals surface area contributed by atoms with Crippen LogP contribution in [-0.4, -0.2) is 44.3 Å². The third-order valence-corrected chi connectivity index (χ3v) is 3.99. The second-order valence-corrected chi connectivity index (χ2v) is 7.15. The first kappa shape index (κ1) is 21.5. The third kappa shape index (κ3) is 7.90. The van der Waals surface area contributed by atoms with Crippen LogP contribution in [0.15, 0.2) is 12.1 Å². The van der Waals surface area contributed by atoms with E-state index in [9.17, 15) is 4.79 Å². The first-order chi connectivity index (χ1) is 11.7. The summed E-state index contributed by atoms with van der Waals surface area (Å²) in [7, 11) is 4.20. The van der Waals surface area contributed by atoms with Crippen molar-refractivity contribution in [1.29, 1.82) is 0 Å². The van der Waals surface area contributed by atoms with Crippen LogP contribution in [0, 0.1) is 13.8 Å². The van der Waals surface area contributed by atoms with E-state index in [2.05, 4.69) is 30.3 Å². The maximum absolute atomic E-state index is 12.1. The van der Waals surface area contributed by atoms with Gasteiger partial charge in [0.15, 0.2) is 11.2 Å². The lowest BCUT2D eigenvalue weighted by Crippen LogP contribution is -3.05. The molecule has 0 unspecified atom stereocenters. The summed E-state index contributed by atoms with van der Waals surface area (Å²) < 4.78 is 5.77. The van der Waals surface area contributed by atoms with Crippen LogP contribution in [-0.2, 0) is 4.79 Å². The highest BCUT2D eigenvalue weighted by atomic mass is 35.5. The minimum atomic E-state index is -0.675. The van der Waals surface area contributed by atoms with E-state index in [0.717, 1.165) is 30.6 Å². The third-order valence-electron chi connectivity index (χ3n) is 3.53. The van der Waals surface area contributed by atoms with E-state index in [0.29, 0.717) is 15.9 Å². The number of ether oxygens (including phenoxy) is 1. The normalized spacial score (nSPS) is 11.8. The topological polar surface area (TPSA) is 66.8 Å². The maximum Gasteiger partial charge on any atom is 0.279 e. The molecule has 0 fully saturated rings. The van der Waals surface area contributed by atoms with Crippen LogP contribution >= 0.6 is 23.8 Å². The number of hydrogen-bond acceptors (Lipinski definition) is 3. The minimum absolute atomic E-state index is 0.310. The standard InChI is InChI=1S/C17H27ClN4O2S/c1-11-9-14(18)10-12(2)15(11)24-13(3)16(23)20-21-17(25)19-7-6-8-22(4)5/h9-10,13H,6-8H2,1-5H3,(H,20,23)(H2,19,21,25)/p+1/t13-/m1/s1. The lowest BCUT2D eigenvalue weighted by Gasteiger charge is -2.19. The second kappa shape index (κ2) is 10.4. The van der Waals surface area contributed by atoms with Crippen molar-refractivity contribution in [2.24, 2.45) is 0 Å². The Morgan fingerprint density at radius 3 is 2.44 bits per heavy atom. The number of halogens is 1. The zero-order valence-electron chi connectivity index (χ0n) is 15.5. The summed E-state index contributed by atoms with van der Waals surface area (Å²) in [5, 5.41) is 4.07. The molecule has 1 aromatic carbocycles. The van der Waals surface area contributed by atoms with Crippen LogP contribution in [0.1, 0.15) is 24.5 Å². The van der Waals surface area contributed by atoms with Gasteiger partial charge in [0.2, 0.25) is 0 Å². The Kier molecular flexibility index (Phi) is 8.96. The van der Waals surface area contributed by atoms with E-state index >= 15 is 0 Å². The number of carbonyl (C=O) groups is 1. The maximum atomic E-state index is 12.1. The van der Waals surface area contributed by atoms with E-state index in [4.69, 9.17) is 28.6 Å². The molecule has 8 heteroatoms. The van der Waals surface area contributed by atoms with Crippen LogP contribution in [0.25, 0.3) is 0 Å². The van der Waals surface area contributed by atoms with Crippen LogP contribution < -0.4 is 25.8 Å². The Labute approximate surface area is 160 Å². The molecule has 0 aliphatic rings. The number of aryl methyl sites for hydroxylation is 2. The molecule has 0 saturated heterocycles. The van der Waals surface area contributed by atoms with Crippen molar-refractivity contribution in [2.45, 2.75) is 33.3 Å². The fraction of sp³-hybridized carbons (Fsp3) is 0.529. The zero-order valence-corrected chi connectivity index (χ0v) is 17.0. The highest BCUT2D eigenvalue weighted by molar-refractivity contribution is 7.80. The number of hydrazine groups is 1. The number of rotatable bonds is 7. The zero-order chi connectivity index (χ0) is 19.0. The summed E-state index contributed by atoms with van der Waals surface area (Å²) in [5.41, 5.74) is 7.02. The second-order valence-electron chi connectivity index (χ2n) is 6.31. The Balaban J connectivity index is 2.41. The Morgan fingerprint density at radius 1 is 1.28 bits per heavy atom. The summed E-state index contributed by atoms with van der Waals surface area (Å²) in [6.07, 6.45) is 0.318. The predicted octanol–water partition coefficient (Wildman–Crippen LogP) is 0.754. The number of quaternary nitrogens is 1. The Morgan fingerprint density at radius 2 is 1.88 bits per heavy atom. The van der Waals surface area contributed by atoms with Crippen molar-refractivity contribution >= 4 is 34.8 Å². The van der Waals surface area contributed by atoms with Gasteiger partial charge in [0, 0.05) is 18.0 Å². The Bertz CT molecular complexity index is 587. The smallest absolute Gasteiger partial charge is 0.279 e. The minimum Gasteiger partial charge on any atom is -0.480 e. The van der Waals surface area contributed by atoms with Crippen molar-refractivity contribution in [1.82, 2.24) is 16.2 Å². The highest BCUT2D eigenvalue weighted by Crippen LogP contribution is 2.27. The van der Waals surface area contributed by atoms with E-state index < -0.39 is 6.10 Å². The fourth-order valence-electron chi connectivity index (χ4n) is 2.22. The first-order valence-corrected chi connectivity index (χ1v) is 9.05. The lowest BCUT2D eigenvalue weighted by molar-refractivity contribution is -0.858. The summed E-state index contributed by atoms with van der Waals surface area (Å²) in [6.45, 7) is 7.27. The summed E-state index contributed by atoms with van der Waals surface area (Å²) >= 11 is 11.1. The summed E-state index contributed by atoms with van der Waals surface area (Å²) in [5.74, 6) is 0.356. The average Bonchev–Trinajstić information content (AvgIpc) is 2.52. The largest absolute Gasteiger partial charge is 0.480 e. The van der Waals surface area contributed by atoms with Crippen molar-refractivity contribution in [3.63, 3.8) is 0 Å². The molecule has 0 saturated carbocycles. The molecule has 0 aromatic heterocycles. The molecule has 0 heterocycles. The molecule has 1 atom stereocenters. The van der Waals surface area contributed by atoms with Crippen LogP contribution in [0.2, 0.25) is 5.02 Å².